The highest BCUT2D eigenvalue weighted by Crippen LogP contribution is 2.32. The Morgan fingerprint density at radius 3 is 2.84 bits per heavy atom. The molecule has 19 heavy (non-hydrogen) atoms. The lowest BCUT2D eigenvalue weighted by atomic mass is 10.2. The van der Waals surface area contributed by atoms with Gasteiger partial charge in [-0.25, -0.2) is 4.99 Å². The summed E-state index contributed by atoms with van der Waals surface area (Å²) in [4.78, 5) is 8.41. The fourth-order valence-corrected chi connectivity index (χ4v) is 1.70. The van der Waals surface area contributed by atoms with Crippen LogP contribution in [0.3, 0.4) is 0 Å². The molecule has 1 aromatic carbocycles. The van der Waals surface area contributed by atoms with Crippen molar-refractivity contribution in [3.8, 4) is 17.2 Å². The van der Waals surface area contributed by atoms with E-state index in [1.165, 1.54) is 11.8 Å². The maximum Gasteiger partial charge on any atom is 0.261 e. The molecule has 0 saturated carbocycles. The number of aryl methyl sites for hydroxylation is 1. The minimum Gasteiger partial charge on any atom is -0.496 e. The van der Waals surface area contributed by atoms with E-state index in [0.29, 0.717) is 28.3 Å². The summed E-state index contributed by atoms with van der Waals surface area (Å²) in [6, 6.07) is 5.41. The molecule has 0 saturated heterocycles. The standard InChI is InChI=1S/C12H14N4O2S/c1-7-14-11(18-16-7)9-5-4-8(6-10(9)17-2)15-12(13)19-3/h4-6H,1-3H3,(H2,13,15). The number of benzene rings is 1. The number of thioether (sulfide) groups is 1. The van der Waals surface area contributed by atoms with E-state index in [2.05, 4.69) is 15.1 Å². The molecule has 2 aromatic rings. The molecule has 0 aliphatic heterocycles. The van der Waals surface area contributed by atoms with E-state index in [9.17, 15) is 0 Å². The van der Waals surface area contributed by atoms with Crippen LogP contribution in [0.1, 0.15) is 5.82 Å². The number of nitrogens with two attached hydrogens (primary N) is 1. The molecule has 0 aliphatic carbocycles. The van der Waals surface area contributed by atoms with Crippen LogP contribution < -0.4 is 10.5 Å². The third-order valence-electron chi connectivity index (χ3n) is 2.39. The molecule has 0 spiro atoms. The second kappa shape index (κ2) is 5.75. The third kappa shape index (κ3) is 3.05. The highest BCUT2D eigenvalue weighted by Gasteiger charge is 2.13. The molecule has 100 valence electrons. The molecular weight excluding hydrogens is 264 g/mol. The van der Waals surface area contributed by atoms with Crippen LogP contribution in [0.4, 0.5) is 5.69 Å². The van der Waals surface area contributed by atoms with Crippen molar-refractivity contribution < 1.29 is 9.26 Å². The van der Waals surface area contributed by atoms with Gasteiger partial charge < -0.3 is 15.0 Å². The topological polar surface area (TPSA) is 86.5 Å². The Kier molecular flexibility index (Phi) is 4.06. The summed E-state index contributed by atoms with van der Waals surface area (Å²) in [6.07, 6.45) is 1.87. The monoisotopic (exact) mass is 278 g/mol. The number of amidine groups is 1. The highest BCUT2D eigenvalue weighted by molar-refractivity contribution is 8.13. The first-order valence-electron chi connectivity index (χ1n) is 5.51. The molecule has 6 nitrogen and oxygen atoms in total. The van der Waals surface area contributed by atoms with Crippen LogP contribution in [0.5, 0.6) is 5.75 Å². The lowest BCUT2D eigenvalue weighted by molar-refractivity contribution is 0.404. The molecule has 0 bridgehead atoms. The van der Waals surface area contributed by atoms with Crippen molar-refractivity contribution in [2.24, 2.45) is 10.7 Å². The average Bonchev–Trinajstić information content (AvgIpc) is 2.84. The third-order valence-corrected chi connectivity index (χ3v) is 2.90. The molecule has 0 fully saturated rings. The SMILES string of the molecule is COc1cc(/N=C(/N)SC)ccc1-c1nc(C)no1. The Hall–Kier alpha value is -2.02. The lowest BCUT2D eigenvalue weighted by Gasteiger charge is -2.06. The number of ether oxygens (including phenoxy) is 1. The van der Waals surface area contributed by atoms with Gasteiger partial charge in [0.15, 0.2) is 11.0 Å². The van der Waals surface area contributed by atoms with Gasteiger partial charge in [-0.2, -0.15) is 4.98 Å². The second-order valence-corrected chi connectivity index (χ2v) is 4.51. The Morgan fingerprint density at radius 2 is 2.26 bits per heavy atom. The van der Waals surface area contributed by atoms with Crippen LogP contribution >= 0.6 is 11.8 Å². The van der Waals surface area contributed by atoms with Gasteiger partial charge in [0.25, 0.3) is 5.89 Å². The predicted molar refractivity (Wildman–Crippen MR) is 75.8 cm³/mol. The van der Waals surface area contributed by atoms with Crippen LogP contribution in [0.25, 0.3) is 11.5 Å². The first kappa shape index (κ1) is 13.4. The summed E-state index contributed by atoms with van der Waals surface area (Å²) < 4.78 is 10.4. The Labute approximate surface area is 115 Å². The Bertz CT molecular complexity index is 610. The maximum absolute atomic E-state index is 5.68. The predicted octanol–water partition coefficient (Wildman–Crippen LogP) is 2.36. The van der Waals surface area contributed by atoms with Crippen molar-refractivity contribution >= 4 is 22.6 Å². The van der Waals surface area contributed by atoms with Crippen molar-refractivity contribution in [3.05, 3.63) is 24.0 Å². The van der Waals surface area contributed by atoms with Crippen LogP contribution in [-0.2, 0) is 0 Å². The van der Waals surface area contributed by atoms with Gasteiger partial charge in [-0.1, -0.05) is 16.9 Å². The molecule has 2 rings (SSSR count). The largest absolute Gasteiger partial charge is 0.496 e. The number of aliphatic imine (C=N–C) groups is 1. The van der Waals surface area contributed by atoms with Gasteiger partial charge in [-0.3, -0.25) is 0 Å². The van der Waals surface area contributed by atoms with E-state index in [-0.39, 0.29) is 0 Å². The van der Waals surface area contributed by atoms with Crippen LogP contribution in [0.2, 0.25) is 0 Å². The smallest absolute Gasteiger partial charge is 0.261 e. The van der Waals surface area contributed by atoms with E-state index in [1.807, 2.05) is 18.4 Å². The summed E-state index contributed by atoms with van der Waals surface area (Å²) in [7, 11) is 1.58. The zero-order valence-electron chi connectivity index (χ0n) is 10.9. The quantitative estimate of drug-likeness (QED) is 0.685. The van der Waals surface area contributed by atoms with Crippen molar-refractivity contribution in [1.29, 1.82) is 0 Å². The van der Waals surface area contributed by atoms with Gasteiger partial charge in [0, 0.05) is 6.07 Å². The second-order valence-electron chi connectivity index (χ2n) is 3.69. The van der Waals surface area contributed by atoms with Gasteiger partial charge in [-0.05, 0) is 25.3 Å². The number of aromatic nitrogens is 2. The molecule has 0 atom stereocenters. The molecule has 0 unspecified atom stereocenters. The number of hydrogen-bond acceptors (Lipinski definition) is 6. The molecule has 1 aromatic heterocycles. The lowest BCUT2D eigenvalue weighted by Crippen LogP contribution is -2.04. The number of hydrogen-bond donors (Lipinski definition) is 1. The minimum absolute atomic E-state index is 0.419. The molecule has 2 N–H and O–H groups in total. The zero-order chi connectivity index (χ0) is 13.8. The summed E-state index contributed by atoms with van der Waals surface area (Å²) in [6.45, 7) is 1.76. The Balaban J connectivity index is 2.42. The summed E-state index contributed by atoms with van der Waals surface area (Å²) >= 11 is 1.38. The molecule has 7 heteroatoms. The zero-order valence-corrected chi connectivity index (χ0v) is 11.7. The van der Waals surface area contributed by atoms with E-state index in [4.69, 9.17) is 15.0 Å². The number of rotatable bonds is 3. The van der Waals surface area contributed by atoms with Crippen molar-refractivity contribution in [3.63, 3.8) is 0 Å². The summed E-state index contributed by atoms with van der Waals surface area (Å²) in [5.74, 6) is 1.60. The average molecular weight is 278 g/mol. The number of nitrogens with zero attached hydrogens (tertiary/aromatic N) is 3. The summed E-state index contributed by atoms with van der Waals surface area (Å²) in [5, 5.41) is 4.25. The molecule has 1 heterocycles. The van der Waals surface area contributed by atoms with Crippen molar-refractivity contribution in [1.82, 2.24) is 10.1 Å². The molecule has 0 aliphatic rings. The maximum atomic E-state index is 5.68. The van der Waals surface area contributed by atoms with E-state index in [0.717, 1.165) is 5.56 Å². The van der Waals surface area contributed by atoms with Gasteiger partial charge in [0.1, 0.15) is 5.75 Å². The van der Waals surface area contributed by atoms with Gasteiger partial charge in [-0.15, -0.1) is 0 Å². The van der Waals surface area contributed by atoms with Crippen LogP contribution in [0.15, 0.2) is 27.7 Å². The number of methoxy groups -OCH3 is 1. The van der Waals surface area contributed by atoms with Gasteiger partial charge in [0.2, 0.25) is 0 Å². The van der Waals surface area contributed by atoms with E-state index in [1.54, 1.807) is 20.1 Å². The minimum atomic E-state index is 0.419. The van der Waals surface area contributed by atoms with Crippen LogP contribution in [-0.4, -0.2) is 28.7 Å². The van der Waals surface area contributed by atoms with E-state index < -0.39 is 0 Å². The van der Waals surface area contributed by atoms with Crippen molar-refractivity contribution in [2.45, 2.75) is 6.92 Å². The van der Waals surface area contributed by atoms with Crippen molar-refractivity contribution in [2.75, 3.05) is 13.4 Å². The molecule has 0 radical (unpaired) electrons. The Morgan fingerprint density at radius 1 is 1.47 bits per heavy atom. The fraction of sp³-hybridized carbons (Fsp3) is 0.250. The normalized spacial score (nSPS) is 11.6. The molecule has 0 amide bonds. The molecular formula is C12H14N4O2S. The first-order chi connectivity index (χ1) is 9.13. The summed E-state index contributed by atoms with van der Waals surface area (Å²) in [5.41, 5.74) is 7.12. The van der Waals surface area contributed by atoms with Crippen LogP contribution in [0, 0.1) is 6.92 Å². The highest BCUT2D eigenvalue weighted by atomic mass is 32.2. The van der Waals surface area contributed by atoms with E-state index >= 15 is 0 Å². The van der Waals surface area contributed by atoms with Gasteiger partial charge in [0.05, 0.1) is 18.4 Å². The van der Waals surface area contributed by atoms with Gasteiger partial charge >= 0.3 is 0 Å². The fourth-order valence-electron chi connectivity index (χ4n) is 1.51. The first-order valence-corrected chi connectivity index (χ1v) is 6.73.